The first-order chi connectivity index (χ1) is 9.04. The molecule has 0 radical (unpaired) electrons. The van der Waals surface area contributed by atoms with Gasteiger partial charge < -0.3 is 5.73 Å². The Bertz CT molecular complexity index is 580. The van der Waals surface area contributed by atoms with E-state index in [9.17, 15) is 0 Å². The number of hydrogen-bond donors (Lipinski definition) is 1. The molecule has 0 amide bonds. The van der Waals surface area contributed by atoms with Crippen LogP contribution in [-0.4, -0.2) is 9.78 Å². The van der Waals surface area contributed by atoms with Gasteiger partial charge in [-0.3, -0.25) is 4.68 Å². The summed E-state index contributed by atoms with van der Waals surface area (Å²) in [5, 5.41) is 4.51. The molecule has 0 fully saturated rings. The summed E-state index contributed by atoms with van der Waals surface area (Å²) in [5.74, 6) is 0. The standard InChI is InChI=1S/C14H17BrIN3/c1-3-12-14(15)13(19(2)18-12)8-11(17)9-6-4-5-7-10(9)16/h4-7,11H,3,8,17H2,1-2H3. The Hall–Kier alpha value is -0.400. The van der Waals surface area contributed by atoms with Crippen molar-refractivity contribution in [2.24, 2.45) is 12.8 Å². The van der Waals surface area contributed by atoms with Crippen LogP contribution >= 0.6 is 38.5 Å². The van der Waals surface area contributed by atoms with Crippen LogP contribution < -0.4 is 5.73 Å². The normalized spacial score (nSPS) is 12.7. The topological polar surface area (TPSA) is 43.8 Å². The van der Waals surface area contributed by atoms with E-state index in [1.54, 1.807) is 0 Å². The third kappa shape index (κ3) is 3.20. The number of benzene rings is 1. The molecule has 2 rings (SSSR count). The maximum atomic E-state index is 6.35. The van der Waals surface area contributed by atoms with E-state index in [0.717, 1.165) is 28.7 Å². The Labute approximate surface area is 135 Å². The quantitative estimate of drug-likeness (QED) is 0.748. The molecule has 0 bridgehead atoms. The summed E-state index contributed by atoms with van der Waals surface area (Å²) >= 11 is 5.98. The highest BCUT2D eigenvalue weighted by Crippen LogP contribution is 2.27. The van der Waals surface area contributed by atoms with Crippen molar-refractivity contribution in [3.8, 4) is 0 Å². The monoisotopic (exact) mass is 433 g/mol. The first kappa shape index (κ1) is 15.0. The van der Waals surface area contributed by atoms with Gasteiger partial charge in [0.15, 0.2) is 0 Å². The van der Waals surface area contributed by atoms with E-state index in [4.69, 9.17) is 5.73 Å². The molecule has 0 aliphatic heterocycles. The zero-order valence-corrected chi connectivity index (χ0v) is 14.8. The van der Waals surface area contributed by atoms with Crippen molar-refractivity contribution in [3.05, 3.63) is 49.3 Å². The van der Waals surface area contributed by atoms with Crippen molar-refractivity contribution in [2.45, 2.75) is 25.8 Å². The van der Waals surface area contributed by atoms with Crippen LogP contribution in [0.5, 0.6) is 0 Å². The maximum Gasteiger partial charge on any atom is 0.0766 e. The lowest BCUT2D eigenvalue weighted by Gasteiger charge is -2.14. The number of halogens is 2. The van der Waals surface area contributed by atoms with Crippen LogP contribution in [0.15, 0.2) is 28.7 Å². The summed E-state index contributed by atoms with van der Waals surface area (Å²) in [6, 6.07) is 8.24. The largest absolute Gasteiger partial charge is 0.324 e. The summed E-state index contributed by atoms with van der Waals surface area (Å²) in [6.07, 6.45) is 1.70. The number of aryl methyl sites for hydroxylation is 2. The van der Waals surface area contributed by atoms with E-state index >= 15 is 0 Å². The Morgan fingerprint density at radius 3 is 2.68 bits per heavy atom. The van der Waals surface area contributed by atoms with Gasteiger partial charge in [-0.2, -0.15) is 5.10 Å². The van der Waals surface area contributed by atoms with Crippen LogP contribution in [0, 0.1) is 3.57 Å². The van der Waals surface area contributed by atoms with Crippen molar-refractivity contribution < 1.29 is 0 Å². The van der Waals surface area contributed by atoms with E-state index in [1.165, 1.54) is 9.13 Å². The van der Waals surface area contributed by atoms with E-state index < -0.39 is 0 Å². The lowest BCUT2D eigenvalue weighted by Crippen LogP contribution is -2.16. The summed E-state index contributed by atoms with van der Waals surface area (Å²) in [7, 11) is 1.97. The summed E-state index contributed by atoms with van der Waals surface area (Å²) in [6.45, 7) is 2.11. The molecule has 0 spiro atoms. The maximum absolute atomic E-state index is 6.35. The Morgan fingerprint density at radius 1 is 1.42 bits per heavy atom. The lowest BCUT2D eigenvalue weighted by atomic mass is 10.0. The van der Waals surface area contributed by atoms with Gasteiger partial charge in [0.1, 0.15) is 0 Å². The van der Waals surface area contributed by atoms with Crippen LogP contribution in [0.1, 0.15) is 29.9 Å². The SMILES string of the molecule is CCc1nn(C)c(CC(N)c2ccccc2I)c1Br. The molecule has 1 aromatic heterocycles. The van der Waals surface area contributed by atoms with Crippen LogP contribution in [0.4, 0.5) is 0 Å². The average Bonchev–Trinajstić information content (AvgIpc) is 2.66. The summed E-state index contributed by atoms with van der Waals surface area (Å²) in [4.78, 5) is 0. The molecule has 1 atom stereocenters. The van der Waals surface area contributed by atoms with E-state index in [-0.39, 0.29) is 6.04 Å². The molecular formula is C14H17BrIN3. The number of aromatic nitrogens is 2. The second kappa shape index (κ2) is 6.37. The number of nitrogens with zero attached hydrogens (tertiary/aromatic N) is 2. The van der Waals surface area contributed by atoms with E-state index in [2.05, 4.69) is 62.7 Å². The molecule has 1 unspecified atom stereocenters. The first-order valence-corrected chi connectivity index (χ1v) is 8.12. The van der Waals surface area contributed by atoms with Crippen LogP contribution in [0.2, 0.25) is 0 Å². The molecule has 5 heteroatoms. The number of rotatable bonds is 4. The van der Waals surface area contributed by atoms with Gasteiger partial charge in [-0.1, -0.05) is 25.1 Å². The van der Waals surface area contributed by atoms with Gasteiger partial charge in [-0.25, -0.2) is 0 Å². The molecule has 2 N–H and O–H groups in total. The van der Waals surface area contributed by atoms with Crippen molar-refractivity contribution in [1.82, 2.24) is 9.78 Å². The molecule has 3 nitrogen and oxygen atoms in total. The highest BCUT2D eigenvalue weighted by molar-refractivity contribution is 14.1. The Morgan fingerprint density at radius 2 is 2.11 bits per heavy atom. The predicted molar refractivity (Wildman–Crippen MR) is 90.1 cm³/mol. The molecule has 1 heterocycles. The van der Waals surface area contributed by atoms with Crippen molar-refractivity contribution in [3.63, 3.8) is 0 Å². The van der Waals surface area contributed by atoms with Crippen LogP contribution in [0.25, 0.3) is 0 Å². The summed E-state index contributed by atoms with van der Waals surface area (Å²) in [5.41, 5.74) is 9.79. The second-order valence-electron chi connectivity index (χ2n) is 4.52. The highest BCUT2D eigenvalue weighted by atomic mass is 127. The number of hydrogen-bond acceptors (Lipinski definition) is 2. The molecule has 19 heavy (non-hydrogen) atoms. The third-order valence-electron chi connectivity index (χ3n) is 3.22. The lowest BCUT2D eigenvalue weighted by molar-refractivity contribution is 0.635. The fraction of sp³-hybridized carbons (Fsp3) is 0.357. The van der Waals surface area contributed by atoms with Gasteiger partial charge in [-0.15, -0.1) is 0 Å². The van der Waals surface area contributed by atoms with Gasteiger partial charge in [0.2, 0.25) is 0 Å². The second-order valence-corrected chi connectivity index (χ2v) is 6.47. The van der Waals surface area contributed by atoms with Crippen LogP contribution in [-0.2, 0) is 19.9 Å². The minimum absolute atomic E-state index is 0.00972. The zero-order chi connectivity index (χ0) is 14.0. The molecule has 0 saturated heterocycles. The Balaban J connectivity index is 2.27. The first-order valence-electron chi connectivity index (χ1n) is 6.24. The van der Waals surface area contributed by atoms with E-state index in [1.807, 2.05) is 23.9 Å². The molecular weight excluding hydrogens is 417 g/mol. The minimum atomic E-state index is -0.00972. The highest BCUT2D eigenvalue weighted by Gasteiger charge is 2.17. The average molecular weight is 434 g/mol. The molecule has 102 valence electrons. The molecule has 0 aliphatic rings. The minimum Gasteiger partial charge on any atom is -0.324 e. The van der Waals surface area contributed by atoms with Crippen molar-refractivity contribution in [2.75, 3.05) is 0 Å². The third-order valence-corrected chi connectivity index (χ3v) is 5.12. The van der Waals surface area contributed by atoms with Gasteiger partial charge in [-0.05, 0) is 56.6 Å². The predicted octanol–water partition coefficient (Wildman–Crippen LogP) is 3.59. The fourth-order valence-corrected chi connectivity index (χ4v) is 3.70. The van der Waals surface area contributed by atoms with E-state index in [0.29, 0.717) is 0 Å². The molecule has 1 aromatic carbocycles. The molecule has 0 saturated carbocycles. The summed E-state index contributed by atoms with van der Waals surface area (Å²) < 4.78 is 4.24. The van der Waals surface area contributed by atoms with Gasteiger partial charge in [0, 0.05) is 23.1 Å². The smallest absolute Gasteiger partial charge is 0.0766 e. The zero-order valence-electron chi connectivity index (χ0n) is 11.0. The van der Waals surface area contributed by atoms with Crippen molar-refractivity contribution in [1.29, 1.82) is 0 Å². The Kier molecular flexibility index (Phi) is 5.03. The fourth-order valence-electron chi connectivity index (χ4n) is 2.14. The van der Waals surface area contributed by atoms with Gasteiger partial charge in [0.05, 0.1) is 15.9 Å². The van der Waals surface area contributed by atoms with Gasteiger partial charge >= 0.3 is 0 Å². The molecule has 0 aliphatic carbocycles. The van der Waals surface area contributed by atoms with Crippen LogP contribution in [0.3, 0.4) is 0 Å². The molecule has 2 aromatic rings. The number of nitrogens with two attached hydrogens (primary N) is 1. The van der Waals surface area contributed by atoms with Gasteiger partial charge in [0.25, 0.3) is 0 Å². The van der Waals surface area contributed by atoms with Crippen molar-refractivity contribution >= 4 is 38.5 Å².